The van der Waals surface area contributed by atoms with Gasteiger partial charge in [-0.1, -0.05) is 23.2 Å². The fraction of sp³-hybridized carbons (Fsp3) is 0.500. The fourth-order valence-corrected chi connectivity index (χ4v) is 1.84. The van der Waals surface area contributed by atoms with Crippen LogP contribution in [0.5, 0.6) is 0 Å². The summed E-state index contributed by atoms with van der Waals surface area (Å²) in [6.45, 7) is 1.29. The van der Waals surface area contributed by atoms with Crippen molar-refractivity contribution in [2.75, 3.05) is 18.0 Å². The summed E-state index contributed by atoms with van der Waals surface area (Å²) in [6, 6.07) is 0. The summed E-state index contributed by atoms with van der Waals surface area (Å²) >= 11 is 11.7. The van der Waals surface area contributed by atoms with Crippen molar-refractivity contribution in [3.05, 3.63) is 16.5 Å². The summed E-state index contributed by atoms with van der Waals surface area (Å²) < 4.78 is 0. The first-order valence-corrected chi connectivity index (χ1v) is 5.03. The van der Waals surface area contributed by atoms with E-state index in [-0.39, 0.29) is 11.3 Å². The highest BCUT2D eigenvalue weighted by molar-refractivity contribution is 6.42. The van der Waals surface area contributed by atoms with Crippen molar-refractivity contribution >= 4 is 29.0 Å². The van der Waals surface area contributed by atoms with Gasteiger partial charge in [-0.25, -0.2) is 9.97 Å². The Morgan fingerprint density at radius 3 is 2.86 bits per heavy atom. The minimum absolute atomic E-state index is 0.248. The molecule has 1 N–H and O–H groups in total. The standard InChI is InChI=1S/C8H9Cl2N3O/c9-6-7(10)11-4-12-8(6)13-2-1-5(14)3-13/h4-5,14H,1-3H2. The average Bonchev–Trinajstić information content (AvgIpc) is 2.57. The van der Waals surface area contributed by atoms with Gasteiger partial charge >= 0.3 is 0 Å². The van der Waals surface area contributed by atoms with Crippen molar-refractivity contribution in [2.45, 2.75) is 12.5 Å². The lowest BCUT2D eigenvalue weighted by Gasteiger charge is -2.17. The highest BCUT2D eigenvalue weighted by Crippen LogP contribution is 2.30. The number of aromatic nitrogens is 2. The van der Waals surface area contributed by atoms with Crippen LogP contribution >= 0.6 is 23.2 Å². The fourth-order valence-electron chi connectivity index (χ4n) is 1.49. The molecule has 0 aromatic carbocycles. The molecule has 1 atom stereocenters. The maximum absolute atomic E-state index is 9.36. The minimum atomic E-state index is -0.306. The summed E-state index contributed by atoms with van der Waals surface area (Å²) in [5.41, 5.74) is 0. The van der Waals surface area contributed by atoms with Crippen molar-refractivity contribution in [3.8, 4) is 0 Å². The number of aliphatic hydroxyl groups excluding tert-OH is 1. The summed E-state index contributed by atoms with van der Waals surface area (Å²) in [4.78, 5) is 9.71. The lowest BCUT2D eigenvalue weighted by atomic mass is 10.3. The van der Waals surface area contributed by atoms with E-state index in [0.717, 1.165) is 13.0 Å². The monoisotopic (exact) mass is 233 g/mol. The van der Waals surface area contributed by atoms with Gasteiger partial charge in [0.15, 0.2) is 11.0 Å². The van der Waals surface area contributed by atoms with Crippen LogP contribution in [0.25, 0.3) is 0 Å². The van der Waals surface area contributed by atoms with Crippen LogP contribution in [0.15, 0.2) is 6.33 Å². The third-order valence-electron chi connectivity index (χ3n) is 2.19. The van der Waals surface area contributed by atoms with Gasteiger partial charge in [0.1, 0.15) is 11.3 Å². The van der Waals surface area contributed by atoms with Gasteiger partial charge in [-0.2, -0.15) is 0 Å². The van der Waals surface area contributed by atoms with Gasteiger partial charge in [0.2, 0.25) is 0 Å². The van der Waals surface area contributed by atoms with Crippen LogP contribution in [0.2, 0.25) is 10.2 Å². The van der Waals surface area contributed by atoms with E-state index in [1.54, 1.807) is 0 Å². The number of halogens is 2. The third kappa shape index (κ3) is 1.78. The van der Waals surface area contributed by atoms with Crippen molar-refractivity contribution < 1.29 is 5.11 Å². The number of hydrogen-bond donors (Lipinski definition) is 1. The van der Waals surface area contributed by atoms with Crippen LogP contribution in [-0.2, 0) is 0 Å². The largest absolute Gasteiger partial charge is 0.391 e. The molecule has 1 aromatic heterocycles. The van der Waals surface area contributed by atoms with E-state index in [1.807, 2.05) is 4.90 Å². The lowest BCUT2D eigenvalue weighted by Crippen LogP contribution is -2.22. The lowest BCUT2D eigenvalue weighted by molar-refractivity contribution is 0.198. The molecule has 1 aliphatic rings. The van der Waals surface area contributed by atoms with Gasteiger partial charge in [0, 0.05) is 13.1 Å². The second-order valence-electron chi connectivity index (χ2n) is 3.19. The Morgan fingerprint density at radius 1 is 1.43 bits per heavy atom. The Bertz CT molecular complexity index is 347. The van der Waals surface area contributed by atoms with Crippen LogP contribution in [0, 0.1) is 0 Å². The van der Waals surface area contributed by atoms with Crippen molar-refractivity contribution in [2.24, 2.45) is 0 Å². The first-order valence-electron chi connectivity index (χ1n) is 4.27. The topological polar surface area (TPSA) is 49.2 Å². The Hall–Kier alpha value is -0.580. The summed E-state index contributed by atoms with van der Waals surface area (Å²) in [7, 11) is 0. The normalized spacial score (nSPS) is 21.6. The predicted octanol–water partition coefficient (Wildman–Crippen LogP) is 1.35. The highest BCUT2D eigenvalue weighted by atomic mass is 35.5. The maximum atomic E-state index is 9.36. The van der Waals surface area contributed by atoms with Gasteiger partial charge in [-0.05, 0) is 6.42 Å². The van der Waals surface area contributed by atoms with Crippen molar-refractivity contribution in [3.63, 3.8) is 0 Å². The molecule has 0 aliphatic carbocycles. The summed E-state index contributed by atoms with van der Waals surface area (Å²) in [5.74, 6) is 0.600. The molecule has 6 heteroatoms. The number of hydrogen-bond acceptors (Lipinski definition) is 4. The predicted molar refractivity (Wildman–Crippen MR) is 54.9 cm³/mol. The smallest absolute Gasteiger partial charge is 0.153 e. The van der Waals surface area contributed by atoms with Crippen molar-refractivity contribution in [1.29, 1.82) is 0 Å². The Morgan fingerprint density at radius 2 is 2.21 bits per heavy atom. The zero-order valence-electron chi connectivity index (χ0n) is 7.32. The van der Waals surface area contributed by atoms with Gasteiger partial charge < -0.3 is 10.0 Å². The molecule has 0 spiro atoms. The van der Waals surface area contributed by atoms with E-state index in [4.69, 9.17) is 23.2 Å². The van der Waals surface area contributed by atoms with E-state index in [1.165, 1.54) is 6.33 Å². The quantitative estimate of drug-likeness (QED) is 0.745. The first-order chi connectivity index (χ1) is 6.68. The molecule has 1 aromatic rings. The SMILES string of the molecule is OC1CCN(c2ncnc(Cl)c2Cl)C1. The zero-order valence-corrected chi connectivity index (χ0v) is 8.83. The maximum Gasteiger partial charge on any atom is 0.153 e. The van der Waals surface area contributed by atoms with E-state index in [0.29, 0.717) is 17.4 Å². The van der Waals surface area contributed by atoms with Gasteiger partial charge in [-0.3, -0.25) is 0 Å². The number of β-amino-alcohol motifs (C(OH)–C–C–N with tert-alkyl or cyclic N) is 1. The van der Waals surface area contributed by atoms with Crippen LogP contribution in [-0.4, -0.2) is 34.3 Å². The van der Waals surface area contributed by atoms with E-state index < -0.39 is 0 Å². The summed E-state index contributed by atoms with van der Waals surface area (Å²) in [6.07, 6.45) is 1.80. The van der Waals surface area contributed by atoms with Gasteiger partial charge in [0.25, 0.3) is 0 Å². The number of nitrogens with zero attached hydrogens (tertiary/aromatic N) is 3. The minimum Gasteiger partial charge on any atom is -0.391 e. The summed E-state index contributed by atoms with van der Waals surface area (Å²) in [5, 5.41) is 9.96. The number of anilines is 1. The van der Waals surface area contributed by atoms with Crippen LogP contribution in [0.3, 0.4) is 0 Å². The molecule has 4 nitrogen and oxygen atoms in total. The Balaban J connectivity index is 2.28. The molecule has 0 radical (unpaired) electrons. The molecule has 2 rings (SSSR count). The molecule has 0 amide bonds. The molecule has 0 bridgehead atoms. The average molecular weight is 234 g/mol. The second-order valence-corrected chi connectivity index (χ2v) is 3.93. The Kier molecular flexibility index (Phi) is 2.76. The van der Waals surface area contributed by atoms with Crippen molar-refractivity contribution in [1.82, 2.24) is 9.97 Å². The van der Waals surface area contributed by atoms with E-state index in [9.17, 15) is 5.11 Å². The Labute approximate surface area is 91.5 Å². The molecule has 76 valence electrons. The molecule has 0 saturated carbocycles. The van der Waals surface area contributed by atoms with Gasteiger partial charge in [-0.15, -0.1) is 0 Å². The van der Waals surface area contributed by atoms with Crippen LogP contribution in [0.4, 0.5) is 5.82 Å². The molecule has 14 heavy (non-hydrogen) atoms. The third-order valence-corrected chi connectivity index (χ3v) is 2.92. The second kappa shape index (κ2) is 3.88. The zero-order chi connectivity index (χ0) is 10.1. The van der Waals surface area contributed by atoms with E-state index >= 15 is 0 Å². The van der Waals surface area contributed by atoms with E-state index in [2.05, 4.69) is 9.97 Å². The molecule has 2 heterocycles. The number of rotatable bonds is 1. The molecule has 1 aliphatic heterocycles. The molecule has 1 saturated heterocycles. The molecule has 1 fully saturated rings. The molecular formula is C8H9Cl2N3O. The van der Waals surface area contributed by atoms with Gasteiger partial charge in [0.05, 0.1) is 6.10 Å². The van der Waals surface area contributed by atoms with Crippen LogP contribution in [0.1, 0.15) is 6.42 Å². The number of aliphatic hydroxyl groups is 1. The molecule has 1 unspecified atom stereocenters. The molecular weight excluding hydrogens is 225 g/mol. The van der Waals surface area contributed by atoms with Crippen LogP contribution < -0.4 is 4.90 Å². The highest BCUT2D eigenvalue weighted by Gasteiger charge is 2.24. The first kappa shape index (κ1) is 9.96.